The molecule has 0 amide bonds. The predicted octanol–water partition coefficient (Wildman–Crippen LogP) is 1.24. The summed E-state index contributed by atoms with van der Waals surface area (Å²) in [6, 6.07) is 10.1. The number of hydrogen-bond acceptors (Lipinski definition) is 4. The molecule has 0 saturated heterocycles. The van der Waals surface area contributed by atoms with Crippen LogP contribution in [0.3, 0.4) is 0 Å². The SMILES string of the molecule is N#CCN(CC#N)c1ccccc1C(=O)O. The lowest BCUT2D eigenvalue weighted by Crippen LogP contribution is -2.25. The van der Waals surface area contributed by atoms with Crippen molar-refractivity contribution >= 4 is 11.7 Å². The summed E-state index contributed by atoms with van der Waals surface area (Å²) in [5.41, 5.74) is 0.478. The third-order valence-corrected chi connectivity index (χ3v) is 2.00. The average molecular weight is 215 g/mol. The van der Waals surface area contributed by atoms with E-state index < -0.39 is 5.97 Å². The van der Waals surface area contributed by atoms with Gasteiger partial charge in [0, 0.05) is 0 Å². The number of para-hydroxylation sites is 1. The summed E-state index contributed by atoms with van der Waals surface area (Å²) in [5.74, 6) is -1.07. The minimum atomic E-state index is -1.07. The van der Waals surface area contributed by atoms with Gasteiger partial charge in [-0.05, 0) is 12.1 Å². The van der Waals surface area contributed by atoms with Crippen LogP contribution in [0.15, 0.2) is 24.3 Å². The van der Waals surface area contributed by atoms with Crippen LogP contribution in [0, 0.1) is 22.7 Å². The maximum absolute atomic E-state index is 10.9. The second-order valence-corrected chi connectivity index (χ2v) is 2.99. The lowest BCUT2D eigenvalue weighted by molar-refractivity contribution is 0.0697. The van der Waals surface area contributed by atoms with E-state index in [9.17, 15) is 4.79 Å². The first kappa shape index (κ1) is 11.5. The highest BCUT2D eigenvalue weighted by molar-refractivity contribution is 5.94. The van der Waals surface area contributed by atoms with Crippen molar-refractivity contribution in [2.75, 3.05) is 18.0 Å². The quantitative estimate of drug-likeness (QED) is 0.763. The Balaban J connectivity index is 3.14. The van der Waals surface area contributed by atoms with E-state index in [0.29, 0.717) is 5.69 Å². The van der Waals surface area contributed by atoms with Crippen LogP contribution >= 0.6 is 0 Å². The second-order valence-electron chi connectivity index (χ2n) is 2.99. The van der Waals surface area contributed by atoms with Crippen LogP contribution in [0.5, 0.6) is 0 Å². The first-order valence-electron chi connectivity index (χ1n) is 4.52. The van der Waals surface area contributed by atoms with Crippen molar-refractivity contribution in [2.24, 2.45) is 0 Å². The van der Waals surface area contributed by atoms with Gasteiger partial charge in [-0.1, -0.05) is 12.1 Å². The van der Waals surface area contributed by atoms with E-state index in [2.05, 4.69) is 0 Å². The molecule has 0 saturated carbocycles. The third-order valence-electron chi connectivity index (χ3n) is 2.00. The Labute approximate surface area is 92.8 Å². The fourth-order valence-corrected chi connectivity index (χ4v) is 1.33. The summed E-state index contributed by atoms with van der Waals surface area (Å²) in [7, 11) is 0. The zero-order valence-electron chi connectivity index (χ0n) is 8.42. The molecule has 1 aromatic rings. The number of aromatic carboxylic acids is 1. The summed E-state index contributed by atoms with van der Waals surface area (Å²) in [4.78, 5) is 12.4. The Kier molecular flexibility index (Phi) is 3.88. The molecule has 0 aliphatic heterocycles. The molecule has 80 valence electrons. The molecular weight excluding hydrogens is 206 g/mol. The normalized spacial score (nSPS) is 8.88. The Hall–Kier alpha value is -2.53. The average Bonchev–Trinajstić information content (AvgIpc) is 2.29. The van der Waals surface area contributed by atoms with Crippen LogP contribution in [0.4, 0.5) is 5.69 Å². The fourth-order valence-electron chi connectivity index (χ4n) is 1.33. The van der Waals surface area contributed by atoms with Crippen molar-refractivity contribution in [3.8, 4) is 12.1 Å². The number of nitriles is 2. The Morgan fingerprint density at radius 3 is 2.31 bits per heavy atom. The van der Waals surface area contributed by atoms with E-state index in [-0.39, 0.29) is 18.7 Å². The summed E-state index contributed by atoms with van der Waals surface area (Å²) < 4.78 is 0. The summed E-state index contributed by atoms with van der Waals surface area (Å²) in [6.07, 6.45) is 0. The standard InChI is InChI=1S/C11H9N3O2/c12-5-7-14(8-6-13)10-4-2-1-3-9(10)11(15)16/h1-4H,7-8H2,(H,15,16). The highest BCUT2D eigenvalue weighted by Crippen LogP contribution is 2.19. The summed E-state index contributed by atoms with van der Waals surface area (Å²) >= 11 is 0. The van der Waals surface area contributed by atoms with Crippen LogP contribution < -0.4 is 4.90 Å². The maximum Gasteiger partial charge on any atom is 0.337 e. The number of anilines is 1. The minimum absolute atomic E-state index is 0.0160. The van der Waals surface area contributed by atoms with Gasteiger partial charge in [-0.15, -0.1) is 0 Å². The molecule has 0 heterocycles. The van der Waals surface area contributed by atoms with E-state index in [1.807, 2.05) is 12.1 Å². The van der Waals surface area contributed by atoms with Crippen LogP contribution in [-0.4, -0.2) is 24.2 Å². The van der Waals surface area contributed by atoms with E-state index in [0.717, 1.165) is 0 Å². The van der Waals surface area contributed by atoms with Gasteiger partial charge in [0.05, 0.1) is 23.4 Å². The maximum atomic E-state index is 10.9. The predicted molar refractivity (Wildman–Crippen MR) is 56.8 cm³/mol. The second kappa shape index (κ2) is 5.38. The summed E-state index contributed by atoms with van der Waals surface area (Å²) in [5, 5.41) is 26.2. The number of carboxylic acids is 1. The molecule has 0 aliphatic rings. The van der Waals surface area contributed by atoms with Gasteiger partial charge in [0.2, 0.25) is 0 Å². The molecule has 5 heteroatoms. The molecule has 0 fully saturated rings. The van der Waals surface area contributed by atoms with Crippen LogP contribution in [0.25, 0.3) is 0 Å². The van der Waals surface area contributed by atoms with Gasteiger partial charge in [-0.3, -0.25) is 0 Å². The Morgan fingerprint density at radius 2 is 1.81 bits per heavy atom. The zero-order chi connectivity index (χ0) is 12.0. The highest BCUT2D eigenvalue weighted by Gasteiger charge is 2.14. The van der Waals surface area contributed by atoms with Crippen molar-refractivity contribution in [3.05, 3.63) is 29.8 Å². The first-order chi connectivity index (χ1) is 7.70. The molecule has 1 N–H and O–H groups in total. The highest BCUT2D eigenvalue weighted by atomic mass is 16.4. The molecular formula is C11H9N3O2. The largest absolute Gasteiger partial charge is 0.478 e. The molecule has 1 rings (SSSR count). The van der Waals surface area contributed by atoms with Crippen molar-refractivity contribution in [1.82, 2.24) is 0 Å². The zero-order valence-corrected chi connectivity index (χ0v) is 8.42. The Bertz CT molecular complexity index is 455. The number of rotatable bonds is 4. The molecule has 1 aromatic carbocycles. The van der Waals surface area contributed by atoms with E-state index >= 15 is 0 Å². The van der Waals surface area contributed by atoms with Gasteiger partial charge < -0.3 is 10.0 Å². The number of carboxylic acid groups (broad SMARTS) is 1. The minimum Gasteiger partial charge on any atom is -0.478 e. The Morgan fingerprint density at radius 1 is 1.25 bits per heavy atom. The van der Waals surface area contributed by atoms with Crippen molar-refractivity contribution < 1.29 is 9.90 Å². The van der Waals surface area contributed by atoms with Gasteiger partial charge in [0.1, 0.15) is 13.1 Å². The van der Waals surface area contributed by atoms with Crippen LogP contribution in [0.1, 0.15) is 10.4 Å². The van der Waals surface area contributed by atoms with E-state index in [4.69, 9.17) is 15.6 Å². The molecule has 0 spiro atoms. The number of hydrogen-bond donors (Lipinski definition) is 1. The number of benzene rings is 1. The number of nitrogens with zero attached hydrogens (tertiary/aromatic N) is 3. The van der Waals surface area contributed by atoms with Crippen LogP contribution in [0.2, 0.25) is 0 Å². The first-order valence-corrected chi connectivity index (χ1v) is 4.52. The monoisotopic (exact) mass is 215 g/mol. The molecule has 0 aromatic heterocycles. The third kappa shape index (κ3) is 2.49. The van der Waals surface area contributed by atoms with Gasteiger partial charge in [-0.2, -0.15) is 10.5 Å². The molecule has 0 unspecified atom stereocenters. The molecule has 0 atom stereocenters. The lowest BCUT2D eigenvalue weighted by Gasteiger charge is -2.19. The molecule has 16 heavy (non-hydrogen) atoms. The number of carbonyl (C=O) groups is 1. The smallest absolute Gasteiger partial charge is 0.337 e. The molecule has 0 aliphatic carbocycles. The van der Waals surface area contributed by atoms with E-state index in [1.165, 1.54) is 11.0 Å². The summed E-state index contributed by atoms with van der Waals surface area (Å²) in [6.45, 7) is -0.0320. The van der Waals surface area contributed by atoms with Gasteiger partial charge in [-0.25, -0.2) is 4.79 Å². The van der Waals surface area contributed by atoms with Crippen LogP contribution in [-0.2, 0) is 0 Å². The lowest BCUT2D eigenvalue weighted by atomic mass is 10.1. The molecule has 0 radical (unpaired) electrons. The molecule has 5 nitrogen and oxygen atoms in total. The van der Waals surface area contributed by atoms with Gasteiger partial charge >= 0.3 is 5.97 Å². The van der Waals surface area contributed by atoms with Crippen molar-refractivity contribution in [3.63, 3.8) is 0 Å². The molecule has 0 bridgehead atoms. The van der Waals surface area contributed by atoms with Gasteiger partial charge in [0.15, 0.2) is 0 Å². The van der Waals surface area contributed by atoms with Crippen molar-refractivity contribution in [1.29, 1.82) is 10.5 Å². The van der Waals surface area contributed by atoms with Crippen molar-refractivity contribution in [2.45, 2.75) is 0 Å². The van der Waals surface area contributed by atoms with Gasteiger partial charge in [0.25, 0.3) is 0 Å². The fraction of sp³-hybridized carbons (Fsp3) is 0.182. The topological polar surface area (TPSA) is 88.1 Å². The van der Waals surface area contributed by atoms with E-state index in [1.54, 1.807) is 18.2 Å².